The molecule has 0 bridgehead atoms. The van der Waals surface area contributed by atoms with Gasteiger partial charge in [0.05, 0.1) is 5.69 Å². The molecule has 0 radical (unpaired) electrons. The monoisotopic (exact) mass is 302 g/mol. The minimum atomic E-state index is -0.261. The summed E-state index contributed by atoms with van der Waals surface area (Å²) in [6.45, 7) is 1.64. The summed E-state index contributed by atoms with van der Waals surface area (Å²) in [6.07, 6.45) is 2.86. The van der Waals surface area contributed by atoms with Gasteiger partial charge in [-0.1, -0.05) is 12.1 Å². The molecule has 0 spiro atoms. The first-order chi connectivity index (χ1) is 10.6. The Kier molecular flexibility index (Phi) is 4.27. The molecule has 2 aromatic rings. The molecule has 0 atom stereocenters. The fourth-order valence-electron chi connectivity index (χ4n) is 3.15. The van der Waals surface area contributed by atoms with Crippen LogP contribution >= 0.6 is 0 Å². The van der Waals surface area contributed by atoms with Gasteiger partial charge in [-0.3, -0.25) is 0 Å². The quantitative estimate of drug-likeness (QED) is 0.868. The first-order valence-corrected chi connectivity index (χ1v) is 7.66. The van der Waals surface area contributed by atoms with E-state index in [1.807, 2.05) is 6.07 Å². The Hall–Kier alpha value is -2.10. The second-order valence-electron chi connectivity index (χ2n) is 5.98. The summed E-state index contributed by atoms with van der Waals surface area (Å²) in [4.78, 5) is 2.07. The summed E-state index contributed by atoms with van der Waals surface area (Å²) in [6, 6.07) is 11.6. The van der Waals surface area contributed by atoms with Crippen molar-refractivity contribution in [3.05, 3.63) is 59.7 Å². The molecule has 116 valence electrons. The Morgan fingerprint density at radius 1 is 1.05 bits per heavy atom. The van der Waals surface area contributed by atoms with Crippen LogP contribution in [0.1, 0.15) is 18.4 Å². The Labute approximate surface area is 129 Å². The maximum absolute atomic E-state index is 14.0. The molecule has 0 aromatic heterocycles. The number of hydrogen-bond donors (Lipinski definition) is 1. The highest BCUT2D eigenvalue weighted by atomic mass is 19.1. The maximum atomic E-state index is 14.0. The molecule has 1 aliphatic rings. The third kappa shape index (κ3) is 3.38. The molecule has 2 aromatic carbocycles. The molecule has 0 saturated carbocycles. The van der Waals surface area contributed by atoms with E-state index in [2.05, 4.69) is 4.90 Å². The average molecular weight is 302 g/mol. The summed E-state index contributed by atoms with van der Waals surface area (Å²) in [5, 5.41) is 0. The molecular weight excluding hydrogens is 282 g/mol. The number of rotatable bonds is 3. The number of piperidine rings is 1. The lowest BCUT2D eigenvalue weighted by atomic mass is 9.90. The first kappa shape index (κ1) is 14.8. The van der Waals surface area contributed by atoms with E-state index < -0.39 is 0 Å². The van der Waals surface area contributed by atoms with E-state index in [1.54, 1.807) is 24.3 Å². The van der Waals surface area contributed by atoms with Gasteiger partial charge < -0.3 is 10.6 Å². The van der Waals surface area contributed by atoms with E-state index in [9.17, 15) is 8.78 Å². The lowest BCUT2D eigenvalue weighted by Gasteiger charge is -2.34. The standard InChI is InChI=1S/C18H20F2N2/c19-15-3-1-2-14(11-15)10-13-6-8-22(9-7-13)18-5-4-16(21)12-17(18)20/h1-5,11-13H,6-10,21H2. The number of nitrogen functional groups attached to an aromatic ring is 1. The SMILES string of the molecule is Nc1ccc(N2CCC(Cc3cccc(F)c3)CC2)c(F)c1. The minimum absolute atomic E-state index is 0.182. The third-order valence-corrected chi connectivity index (χ3v) is 4.34. The highest BCUT2D eigenvalue weighted by molar-refractivity contribution is 5.54. The van der Waals surface area contributed by atoms with E-state index in [0.29, 0.717) is 17.3 Å². The zero-order valence-electron chi connectivity index (χ0n) is 12.4. The van der Waals surface area contributed by atoms with Gasteiger partial charge in [0.15, 0.2) is 0 Å². The summed E-state index contributed by atoms with van der Waals surface area (Å²) < 4.78 is 27.2. The van der Waals surface area contributed by atoms with E-state index in [0.717, 1.165) is 37.9 Å². The maximum Gasteiger partial charge on any atom is 0.148 e. The predicted octanol–water partition coefficient (Wildman–Crippen LogP) is 4.01. The van der Waals surface area contributed by atoms with Crippen molar-refractivity contribution in [3.63, 3.8) is 0 Å². The van der Waals surface area contributed by atoms with Crippen molar-refractivity contribution in [2.24, 2.45) is 5.92 Å². The number of nitrogens with two attached hydrogens (primary N) is 1. The van der Waals surface area contributed by atoms with Gasteiger partial charge in [-0.25, -0.2) is 8.78 Å². The lowest BCUT2D eigenvalue weighted by molar-refractivity contribution is 0.400. The van der Waals surface area contributed by atoms with E-state index in [-0.39, 0.29) is 11.6 Å². The summed E-state index contributed by atoms with van der Waals surface area (Å²) in [5.41, 5.74) is 7.70. The van der Waals surface area contributed by atoms with Crippen LogP contribution in [0.25, 0.3) is 0 Å². The second-order valence-corrected chi connectivity index (χ2v) is 5.98. The van der Waals surface area contributed by atoms with Gasteiger partial charge in [0.2, 0.25) is 0 Å². The summed E-state index contributed by atoms with van der Waals surface area (Å²) in [5.74, 6) is 0.0809. The van der Waals surface area contributed by atoms with Crippen molar-refractivity contribution >= 4 is 11.4 Å². The van der Waals surface area contributed by atoms with E-state index >= 15 is 0 Å². The molecule has 4 heteroatoms. The van der Waals surface area contributed by atoms with Crippen molar-refractivity contribution < 1.29 is 8.78 Å². The number of nitrogens with zero attached hydrogens (tertiary/aromatic N) is 1. The Morgan fingerprint density at radius 3 is 2.50 bits per heavy atom. The predicted molar refractivity (Wildman–Crippen MR) is 85.9 cm³/mol. The van der Waals surface area contributed by atoms with Crippen molar-refractivity contribution in [2.45, 2.75) is 19.3 Å². The van der Waals surface area contributed by atoms with Gasteiger partial charge >= 0.3 is 0 Å². The Morgan fingerprint density at radius 2 is 1.82 bits per heavy atom. The third-order valence-electron chi connectivity index (χ3n) is 4.34. The number of benzene rings is 2. The van der Waals surface area contributed by atoms with Crippen LogP contribution in [0.4, 0.5) is 20.2 Å². The van der Waals surface area contributed by atoms with Crippen molar-refractivity contribution in [1.82, 2.24) is 0 Å². The normalized spacial score (nSPS) is 16.0. The molecule has 22 heavy (non-hydrogen) atoms. The van der Waals surface area contributed by atoms with Gasteiger partial charge in [0.25, 0.3) is 0 Å². The fourth-order valence-corrected chi connectivity index (χ4v) is 3.15. The van der Waals surface area contributed by atoms with Crippen molar-refractivity contribution in [2.75, 3.05) is 23.7 Å². The van der Waals surface area contributed by atoms with Crippen LogP contribution in [-0.2, 0) is 6.42 Å². The molecule has 1 fully saturated rings. The van der Waals surface area contributed by atoms with Gasteiger partial charge in [0.1, 0.15) is 11.6 Å². The lowest BCUT2D eigenvalue weighted by Crippen LogP contribution is -2.34. The largest absolute Gasteiger partial charge is 0.399 e. The zero-order valence-corrected chi connectivity index (χ0v) is 12.4. The van der Waals surface area contributed by atoms with Crippen LogP contribution in [0.3, 0.4) is 0 Å². The van der Waals surface area contributed by atoms with Gasteiger partial charge in [-0.2, -0.15) is 0 Å². The van der Waals surface area contributed by atoms with Crippen LogP contribution in [-0.4, -0.2) is 13.1 Å². The minimum Gasteiger partial charge on any atom is -0.399 e. The Balaban J connectivity index is 1.60. The number of anilines is 2. The molecule has 1 aliphatic heterocycles. The molecule has 0 aliphatic carbocycles. The van der Waals surface area contributed by atoms with Crippen LogP contribution in [0.15, 0.2) is 42.5 Å². The highest BCUT2D eigenvalue weighted by Gasteiger charge is 2.21. The van der Waals surface area contributed by atoms with Gasteiger partial charge in [-0.05, 0) is 61.1 Å². The molecular formula is C18H20F2N2. The Bertz CT molecular complexity index is 649. The van der Waals surface area contributed by atoms with Crippen LogP contribution in [0.5, 0.6) is 0 Å². The topological polar surface area (TPSA) is 29.3 Å². The smallest absolute Gasteiger partial charge is 0.148 e. The van der Waals surface area contributed by atoms with Crippen molar-refractivity contribution in [1.29, 1.82) is 0 Å². The molecule has 2 N–H and O–H groups in total. The van der Waals surface area contributed by atoms with Gasteiger partial charge in [0, 0.05) is 18.8 Å². The van der Waals surface area contributed by atoms with E-state index in [4.69, 9.17) is 5.73 Å². The number of halogens is 2. The fraction of sp³-hybridized carbons (Fsp3) is 0.333. The van der Waals surface area contributed by atoms with Crippen LogP contribution < -0.4 is 10.6 Å². The summed E-state index contributed by atoms with van der Waals surface area (Å²) in [7, 11) is 0. The summed E-state index contributed by atoms with van der Waals surface area (Å²) >= 11 is 0. The van der Waals surface area contributed by atoms with Crippen LogP contribution in [0, 0.1) is 17.6 Å². The average Bonchev–Trinajstić information content (AvgIpc) is 2.48. The first-order valence-electron chi connectivity index (χ1n) is 7.66. The van der Waals surface area contributed by atoms with Gasteiger partial charge in [-0.15, -0.1) is 0 Å². The second kappa shape index (κ2) is 6.34. The molecule has 1 heterocycles. The molecule has 0 amide bonds. The number of hydrogen-bond acceptors (Lipinski definition) is 2. The zero-order chi connectivity index (χ0) is 15.5. The molecule has 3 rings (SSSR count). The molecule has 0 unspecified atom stereocenters. The van der Waals surface area contributed by atoms with Crippen molar-refractivity contribution in [3.8, 4) is 0 Å². The highest BCUT2D eigenvalue weighted by Crippen LogP contribution is 2.28. The molecule has 2 nitrogen and oxygen atoms in total. The van der Waals surface area contributed by atoms with E-state index in [1.165, 1.54) is 12.1 Å². The van der Waals surface area contributed by atoms with Crippen LogP contribution in [0.2, 0.25) is 0 Å². The molecule has 1 saturated heterocycles.